The van der Waals surface area contributed by atoms with Crippen molar-refractivity contribution in [2.75, 3.05) is 35.4 Å². The van der Waals surface area contributed by atoms with Crippen LogP contribution in [0.1, 0.15) is 13.3 Å². The summed E-state index contributed by atoms with van der Waals surface area (Å²) >= 11 is 0. The van der Waals surface area contributed by atoms with Crippen molar-refractivity contribution in [3.8, 4) is 0 Å². The Kier molecular flexibility index (Phi) is 4.30. The van der Waals surface area contributed by atoms with Gasteiger partial charge in [-0.1, -0.05) is 0 Å². The van der Waals surface area contributed by atoms with Gasteiger partial charge in [0.05, 0.1) is 13.3 Å². The van der Waals surface area contributed by atoms with Crippen LogP contribution in [0.15, 0.2) is 4.79 Å². The first kappa shape index (κ1) is 18.1. The number of ether oxygens (including phenoxy) is 1. The lowest BCUT2D eigenvalue weighted by Crippen LogP contribution is -2.40. The van der Waals surface area contributed by atoms with Gasteiger partial charge in [-0.05, 0) is 6.92 Å². The number of nitrogens with one attached hydrogen (secondary N) is 1. The second kappa shape index (κ2) is 5.94. The molecule has 7 N–H and O–H groups in total. The maximum absolute atomic E-state index is 12.2. The molecule has 140 valence electrons. The smallest absolute Gasteiger partial charge is 0.359 e. The predicted octanol–water partition coefficient (Wildman–Crippen LogP) is -2.07. The minimum absolute atomic E-state index is 0.117. The molecule has 3 heterocycles. The highest BCUT2D eigenvalue weighted by atomic mass is 31.2. The van der Waals surface area contributed by atoms with Crippen molar-refractivity contribution >= 4 is 25.0 Å². The molecule has 3 rings (SSSR count). The summed E-state index contributed by atoms with van der Waals surface area (Å²) in [7, 11) is -4.98. The number of aromatic amines is 1. The van der Waals surface area contributed by atoms with Crippen LogP contribution in [0.2, 0.25) is 0 Å². The SMILES string of the molecule is CCN1CN([C@H]2C[C@@](O)(P(=O)(O)O)[C@@H](CO)O2)c2nc(N)[nH]c(=O)c21. The summed E-state index contributed by atoms with van der Waals surface area (Å²) in [5.74, 6) is 0.0772. The zero-order chi connectivity index (χ0) is 18.6. The van der Waals surface area contributed by atoms with E-state index in [0.29, 0.717) is 6.54 Å². The number of aliphatic hydroxyl groups is 2. The van der Waals surface area contributed by atoms with Gasteiger partial charge < -0.3 is 40.3 Å². The number of nitrogen functional groups attached to an aromatic ring is 1. The van der Waals surface area contributed by atoms with E-state index in [1.54, 1.807) is 4.90 Å². The second-order valence-electron chi connectivity index (χ2n) is 5.98. The molecule has 13 heteroatoms. The third-order valence-electron chi connectivity index (χ3n) is 4.52. The number of H-pyrrole nitrogens is 1. The molecule has 3 atom stereocenters. The number of hydrogen-bond donors (Lipinski definition) is 6. The van der Waals surface area contributed by atoms with Gasteiger partial charge in [-0.15, -0.1) is 0 Å². The van der Waals surface area contributed by atoms with Crippen molar-refractivity contribution in [2.24, 2.45) is 0 Å². The molecular weight excluding hydrogens is 357 g/mol. The van der Waals surface area contributed by atoms with Crippen LogP contribution in [0, 0.1) is 0 Å². The monoisotopic (exact) mass is 377 g/mol. The number of fused-ring (bicyclic) bond motifs is 1. The number of hydrogen-bond acceptors (Lipinski definition) is 9. The van der Waals surface area contributed by atoms with E-state index in [1.165, 1.54) is 4.90 Å². The molecule has 0 spiro atoms. The first-order valence-electron chi connectivity index (χ1n) is 7.58. The maximum atomic E-state index is 12.2. The zero-order valence-electron chi connectivity index (χ0n) is 13.4. The number of nitrogens with zero attached hydrogens (tertiary/aromatic N) is 3. The van der Waals surface area contributed by atoms with E-state index in [-0.39, 0.29) is 24.1 Å². The fraction of sp³-hybridized carbons (Fsp3) is 0.667. The lowest BCUT2D eigenvalue weighted by atomic mass is 10.1. The van der Waals surface area contributed by atoms with Crippen molar-refractivity contribution in [2.45, 2.75) is 31.0 Å². The molecule has 0 bridgehead atoms. The molecule has 1 fully saturated rings. The number of nitrogens with two attached hydrogens (primary N) is 1. The first-order chi connectivity index (χ1) is 11.6. The summed E-state index contributed by atoms with van der Waals surface area (Å²) in [5.41, 5.74) is 5.40. The van der Waals surface area contributed by atoms with Crippen LogP contribution >= 0.6 is 7.60 Å². The van der Waals surface area contributed by atoms with Gasteiger partial charge in [-0.25, -0.2) is 0 Å². The summed E-state index contributed by atoms with van der Waals surface area (Å²) in [5, 5.41) is 17.2. The van der Waals surface area contributed by atoms with Crippen LogP contribution in [0.3, 0.4) is 0 Å². The van der Waals surface area contributed by atoms with Crippen LogP contribution in [-0.4, -0.2) is 67.5 Å². The van der Waals surface area contributed by atoms with E-state index < -0.39 is 43.9 Å². The van der Waals surface area contributed by atoms with Crippen molar-refractivity contribution in [1.82, 2.24) is 9.97 Å². The van der Waals surface area contributed by atoms with Gasteiger partial charge in [0.15, 0.2) is 11.2 Å². The Bertz CT molecular complexity index is 782. The van der Waals surface area contributed by atoms with Crippen molar-refractivity contribution in [3.05, 3.63) is 10.4 Å². The molecular formula is C12H20N5O7P. The molecule has 0 aromatic carbocycles. The van der Waals surface area contributed by atoms with E-state index in [0.717, 1.165) is 0 Å². The fourth-order valence-corrected chi connectivity index (χ4v) is 4.09. The molecule has 12 nitrogen and oxygen atoms in total. The highest BCUT2D eigenvalue weighted by molar-refractivity contribution is 7.53. The average molecular weight is 377 g/mol. The minimum atomic E-state index is -4.98. The highest BCUT2D eigenvalue weighted by Gasteiger charge is 2.60. The quantitative estimate of drug-likeness (QED) is 0.317. The summed E-state index contributed by atoms with van der Waals surface area (Å²) in [6.07, 6.45) is -2.94. The van der Waals surface area contributed by atoms with Crippen LogP contribution in [0.5, 0.6) is 0 Å². The molecule has 2 aliphatic rings. The van der Waals surface area contributed by atoms with Crippen LogP contribution in [0.25, 0.3) is 0 Å². The lowest BCUT2D eigenvalue weighted by Gasteiger charge is -2.27. The van der Waals surface area contributed by atoms with E-state index in [2.05, 4.69) is 9.97 Å². The Balaban J connectivity index is 2.00. The molecule has 0 aliphatic carbocycles. The molecule has 0 unspecified atom stereocenters. The van der Waals surface area contributed by atoms with Crippen LogP contribution < -0.4 is 21.1 Å². The van der Waals surface area contributed by atoms with Crippen molar-refractivity contribution < 1.29 is 29.3 Å². The van der Waals surface area contributed by atoms with Gasteiger partial charge in [-0.3, -0.25) is 14.3 Å². The average Bonchev–Trinajstić information content (AvgIpc) is 3.05. The van der Waals surface area contributed by atoms with Crippen LogP contribution in [0.4, 0.5) is 17.5 Å². The summed E-state index contributed by atoms with van der Waals surface area (Å²) in [4.78, 5) is 40.8. The highest BCUT2D eigenvalue weighted by Crippen LogP contribution is 2.57. The van der Waals surface area contributed by atoms with Gasteiger partial charge in [-0.2, -0.15) is 4.98 Å². The van der Waals surface area contributed by atoms with Gasteiger partial charge in [0.1, 0.15) is 18.0 Å². The van der Waals surface area contributed by atoms with Gasteiger partial charge in [0, 0.05) is 13.0 Å². The maximum Gasteiger partial charge on any atom is 0.359 e. The van der Waals surface area contributed by atoms with E-state index in [1.807, 2.05) is 6.92 Å². The summed E-state index contributed by atoms with van der Waals surface area (Å²) in [6.45, 7) is 1.67. The standard InChI is InChI=1S/C12H20N5O7P/c1-2-16-5-17(9-8(16)10(19)15-11(13)14-9)7-3-12(20,25(21,22)23)6(4-18)24-7/h6-7,18,20H,2-5H2,1H3,(H2,21,22,23)(H3,13,14,15,19)/t6-,7-,12-/m1/s1. The molecule has 25 heavy (non-hydrogen) atoms. The van der Waals surface area contributed by atoms with Gasteiger partial charge in [0.25, 0.3) is 5.56 Å². The summed E-state index contributed by atoms with van der Waals surface area (Å²) in [6, 6.07) is 0. The van der Waals surface area contributed by atoms with Crippen molar-refractivity contribution in [3.63, 3.8) is 0 Å². The predicted molar refractivity (Wildman–Crippen MR) is 87.0 cm³/mol. The van der Waals surface area contributed by atoms with Crippen molar-refractivity contribution in [1.29, 1.82) is 0 Å². The van der Waals surface area contributed by atoms with E-state index >= 15 is 0 Å². The van der Waals surface area contributed by atoms with Gasteiger partial charge >= 0.3 is 7.60 Å². The Labute approximate surface area is 142 Å². The second-order valence-corrected chi connectivity index (χ2v) is 7.84. The molecule has 0 radical (unpaired) electrons. The molecule has 0 saturated carbocycles. The Morgan fingerprint density at radius 1 is 1.52 bits per heavy atom. The molecule has 0 amide bonds. The van der Waals surface area contributed by atoms with Gasteiger partial charge in [0.2, 0.25) is 5.95 Å². The minimum Gasteiger partial charge on any atom is -0.394 e. The third-order valence-corrected chi connectivity index (χ3v) is 6.00. The zero-order valence-corrected chi connectivity index (χ0v) is 14.3. The Morgan fingerprint density at radius 3 is 2.72 bits per heavy atom. The molecule has 2 aliphatic heterocycles. The van der Waals surface area contributed by atoms with E-state index in [9.17, 15) is 29.4 Å². The number of aromatic nitrogens is 2. The van der Waals surface area contributed by atoms with E-state index in [4.69, 9.17) is 10.5 Å². The molecule has 1 aromatic rings. The third kappa shape index (κ3) is 2.71. The Morgan fingerprint density at radius 2 is 2.20 bits per heavy atom. The Hall–Kier alpha value is -1.69. The molecule has 1 aromatic heterocycles. The number of aliphatic hydroxyl groups excluding tert-OH is 1. The number of anilines is 3. The summed E-state index contributed by atoms with van der Waals surface area (Å²) < 4.78 is 17.2. The molecule has 1 saturated heterocycles. The van der Waals surface area contributed by atoms with Crippen LogP contribution in [-0.2, 0) is 9.30 Å². The number of rotatable bonds is 4. The first-order valence-corrected chi connectivity index (χ1v) is 9.19. The fourth-order valence-electron chi connectivity index (χ4n) is 3.18. The lowest BCUT2D eigenvalue weighted by molar-refractivity contribution is -0.0445. The largest absolute Gasteiger partial charge is 0.394 e. The topological polar surface area (TPSA) is 185 Å². The normalized spacial score (nSPS) is 29.3.